The van der Waals surface area contributed by atoms with E-state index in [9.17, 15) is 9.90 Å². The third-order valence-electron chi connectivity index (χ3n) is 3.54. The number of thiophene rings is 1. The molecule has 1 aromatic heterocycles. The van der Waals surface area contributed by atoms with Crippen LogP contribution in [0.1, 0.15) is 36.6 Å². The summed E-state index contributed by atoms with van der Waals surface area (Å²) in [6.07, 6.45) is 2.02. The fraction of sp³-hybridized carbons (Fsp3) is 0.533. The number of aliphatic hydroxyl groups excluding tert-OH is 1. The maximum absolute atomic E-state index is 12.0. The van der Waals surface area contributed by atoms with Gasteiger partial charge in [-0.15, -0.1) is 11.3 Å². The summed E-state index contributed by atoms with van der Waals surface area (Å²) in [7, 11) is 0. The molecule has 19 heavy (non-hydrogen) atoms. The highest BCUT2D eigenvalue weighted by Gasteiger charge is 2.31. The van der Waals surface area contributed by atoms with Gasteiger partial charge in [0.1, 0.15) is 0 Å². The number of aliphatic hydroxyl groups is 1. The van der Waals surface area contributed by atoms with Crippen molar-refractivity contribution < 1.29 is 9.90 Å². The normalized spacial score (nSPS) is 23.3. The van der Waals surface area contributed by atoms with Crippen molar-refractivity contribution in [2.75, 3.05) is 13.1 Å². The van der Waals surface area contributed by atoms with Crippen LogP contribution < -0.4 is 0 Å². The summed E-state index contributed by atoms with van der Waals surface area (Å²) in [6, 6.07) is 2.09. The minimum atomic E-state index is -0.458. The van der Waals surface area contributed by atoms with Gasteiger partial charge in [0.05, 0.1) is 6.10 Å². The minimum absolute atomic E-state index is 0.0143. The minimum Gasteiger partial charge on any atom is -0.391 e. The van der Waals surface area contributed by atoms with E-state index in [2.05, 4.69) is 18.4 Å². The smallest absolute Gasteiger partial charge is 0.246 e. The van der Waals surface area contributed by atoms with Crippen molar-refractivity contribution in [3.05, 3.63) is 33.5 Å². The van der Waals surface area contributed by atoms with Gasteiger partial charge in [0, 0.05) is 30.0 Å². The summed E-state index contributed by atoms with van der Waals surface area (Å²) >= 11 is 1.70. The van der Waals surface area contributed by atoms with Crippen molar-refractivity contribution in [2.24, 2.45) is 0 Å². The van der Waals surface area contributed by atoms with Gasteiger partial charge in [-0.3, -0.25) is 4.79 Å². The van der Waals surface area contributed by atoms with Crippen molar-refractivity contribution in [3.8, 4) is 0 Å². The lowest BCUT2D eigenvalue weighted by atomic mass is 9.90. The summed E-state index contributed by atoms with van der Waals surface area (Å²) in [6.45, 7) is 7.07. The number of carbonyl (C=O) groups excluding carboxylic acids is 1. The lowest BCUT2D eigenvalue weighted by molar-refractivity contribution is -0.129. The first-order chi connectivity index (χ1) is 8.99. The highest BCUT2D eigenvalue weighted by molar-refractivity contribution is 7.10. The van der Waals surface area contributed by atoms with Crippen LogP contribution in [-0.2, 0) is 4.79 Å². The Bertz CT molecular complexity index is 488. The summed E-state index contributed by atoms with van der Waals surface area (Å²) in [5.41, 5.74) is 2.24. The van der Waals surface area contributed by atoms with Crippen molar-refractivity contribution in [1.29, 1.82) is 0 Å². The molecule has 1 N–H and O–H groups in total. The molecule has 1 aliphatic heterocycles. The number of aryl methyl sites for hydroxylation is 1. The number of nitrogens with zero attached hydrogens (tertiary/aromatic N) is 1. The number of allylic oxidation sites excluding steroid dienone is 1. The third-order valence-corrected chi connectivity index (χ3v) is 4.70. The van der Waals surface area contributed by atoms with Crippen LogP contribution in [0.5, 0.6) is 0 Å². The molecule has 0 radical (unpaired) electrons. The Morgan fingerprint density at radius 1 is 1.53 bits per heavy atom. The second-order valence-corrected chi connectivity index (χ2v) is 6.38. The lowest BCUT2D eigenvalue weighted by Crippen LogP contribution is -2.45. The molecular weight excluding hydrogens is 258 g/mol. The zero-order valence-corrected chi connectivity index (χ0v) is 12.5. The van der Waals surface area contributed by atoms with Gasteiger partial charge in [0.15, 0.2) is 0 Å². The first-order valence-corrected chi connectivity index (χ1v) is 7.53. The second kappa shape index (κ2) is 5.88. The third kappa shape index (κ3) is 3.25. The summed E-state index contributed by atoms with van der Waals surface area (Å²) in [4.78, 5) is 15.0. The molecule has 0 unspecified atom stereocenters. The molecule has 0 bridgehead atoms. The first kappa shape index (κ1) is 14.3. The van der Waals surface area contributed by atoms with Crippen LogP contribution in [-0.4, -0.2) is 35.1 Å². The van der Waals surface area contributed by atoms with Crippen LogP contribution in [0, 0.1) is 6.92 Å². The van der Waals surface area contributed by atoms with Gasteiger partial charge in [0.2, 0.25) is 5.91 Å². The fourth-order valence-corrected chi connectivity index (χ4v) is 3.66. The molecule has 1 fully saturated rings. The molecule has 0 aromatic carbocycles. The zero-order valence-electron chi connectivity index (χ0n) is 11.7. The topological polar surface area (TPSA) is 40.5 Å². The Labute approximate surface area is 118 Å². The summed E-state index contributed by atoms with van der Waals surface area (Å²) < 4.78 is 0. The maximum atomic E-state index is 12.0. The molecule has 0 aliphatic carbocycles. The van der Waals surface area contributed by atoms with E-state index in [0.29, 0.717) is 6.54 Å². The van der Waals surface area contributed by atoms with E-state index < -0.39 is 6.10 Å². The molecule has 2 heterocycles. The van der Waals surface area contributed by atoms with Crippen LogP contribution in [0.3, 0.4) is 0 Å². The number of carbonyl (C=O) groups is 1. The Hall–Kier alpha value is -1.13. The largest absolute Gasteiger partial charge is 0.391 e. The Kier molecular flexibility index (Phi) is 4.42. The van der Waals surface area contributed by atoms with Gasteiger partial charge in [0.25, 0.3) is 0 Å². The molecule has 3 nitrogen and oxygen atoms in total. The number of β-amino-alcohol motifs (C(OH)–C–C–N with tert-alkyl or cyclic N) is 1. The van der Waals surface area contributed by atoms with Gasteiger partial charge in [-0.2, -0.15) is 0 Å². The monoisotopic (exact) mass is 279 g/mol. The van der Waals surface area contributed by atoms with E-state index in [1.165, 1.54) is 10.4 Å². The fourth-order valence-electron chi connectivity index (χ4n) is 2.54. The standard InChI is InChI=1S/C15H21NO2S/c1-10(2)8-14(18)16-6-4-12(13(17)9-16)15-11(3)5-7-19-15/h5,7-8,12-13,17H,4,6,9H2,1-3H3/t12-,13-/m1/s1. The van der Waals surface area contributed by atoms with Crippen molar-refractivity contribution in [1.82, 2.24) is 4.90 Å². The molecule has 1 aliphatic rings. The van der Waals surface area contributed by atoms with E-state index in [-0.39, 0.29) is 11.8 Å². The highest BCUT2D eigenvalue weighted by atomic mass is 32.1. The zero-order chi connectivity index (χ0) is 14.0. The van der Waals surface area contributed by atoms with E-state index in [0.717, 1.165) is 18.5 Å². The van der Waals surface area contributed by atoms with E-state index in [1.54, 1.807) is 22.3 Å². The number of hydrogen-bond acceptors (Lipinski definition) is 3. The Balaban J connectivity index is 2.05. The molecule has 104 valence electrons. The van der Waals surface area contributed by atoms with Gasteiger partial charge in [-0.25, -0.2) is 0 Å². The molecule has 2 rings (SSSR count). The van der Waals surface area contributed by atoms with Crippen LogP contribution >= 0.6 is 11.3 Å². The van der Waals surface area contributed by atoms with E-state index in [4.69, 9.17) is 0 Å². The van der Waals surface area contributed by atoms with Crippen molar-refractivity contribution in [2.45, 2.75) is 39.2 Å². The molecular formula is C15H21NO2S. The Morgan fingerprint density at radius 3 is 2.79 bits per heavy atom. The molecule has 1 aromatic rings. The molecule has 4 heteroatoms. The quantitative estimate of drug-likeness (QED) is 0.846. The summed E-state index contributed by atoms with van der Waals surface area (Å²) in [5.74, 6) is 0.191. The van der Waals surface area contributed by atoms with E-state index >= 15 is 0 Å². The second-order valence-electron chi connectivity index (χ2n) is 5.44. The highest BCUT2D eigenvalue weighted by Crippen LogP contribution is 2.34. The van der Waals surface area contributed by atoms with Gasteiger partial charge in [-0.05, 0) is 44.2 Å². The summed E-state index contributed by atoms with van der Waals surface area (Å²) in [5, 5.41) is 12.4. The van der Waals surface area contributed by atoms with Crippen molar-refractivity contribution >= 4 is 17.2 Å². The number of likely N-dealkylation sites (tertiary alicyclic amines) is 1. The predicted molar refractivity (Wildman–Crippen MR) is 78.4 cm³/mol. The average Bonchev–Trinajstić information content (AvgIpc) is 2.74. The van der Waals surface area contributed by atoms with Crippen LogP contribution in [0.4, 0.5) is 0 Å². The van der Waals surface area contributed by atoms with Crippen LogP contribution in [0.15, 0.2) is 23.1 Å². The number of amides is 1. The first-order valence-electron chi connectivity index (χ1n) is 6.65. The lowest BCUT2D eigenvalue weighted by Gasteiger charge is -2.35. The average molecular weight is 279 g/mol. The molecule has 1 amide bonds. The number of rotatable bonds is 2. The number of piperidine rings is 1. The van der Waals surface area contributed by atoms with Gasteiger partial charge < -0.3 is 10.0 Å². The van der Waals surface area contributed by atoms with Crippen LogP contribution in [0.2, 0.25) is 0 Å². The van der Waals surface area contributed by atoms with Gasteiger partial charge >= 0.3 is 0 Å². The van der Waals surface area contributed by atoms with Crippen molar-refractivity contribution in [3.63, 3.8) is 0 Å². The SMILES string of the molecule is CC(C)=CC(=O)N1CC[C@@H](c2sccc2C)[C@H](O)C1. The maximum Gasteiger partial charge on any atom is 0.246 e. The van der Waals surface area contributed by atoms with Gasteiger partial charge in [-0.1, -0.05) is 5.57 Å². The van der Waals surface area contributed by atoms with E-state index in [1.807, 2.05) is 13.8 Å². The molecule has 0 saturated carbocycles. The molecule has 2 atom stereocenters. The molecule has 1 saturated heterocycles. The predicted octanol–water partition coefficient (Wildman–Crippen LogP) is 2.70. The molecule has 0 spiro atoms. The number of hydrogen-bond donors (Lipinski definition) is 1. The van der Waals surface area contributed by atoms with Crippen LogP contribution in [0.25, 0.3) is 0 Å². The Morgan fingerprint density at radius 2 is 2.26 bits per heavy atom.